The number of hydrogen-bond acceptors (Lipinski definition) is 3. The van der Waals surface area contributed by atoms with E-state index in [-0.39, 0.29) is 0 Å². The minimum atomic E-state index is 0.742. The zero-order valence-corrected chi connectivity index (χ0v) is 15.1. The van der Waals surface area contributed by atoms with Crippen molar-refractivity contribution in [2.45, 2.75) is 12.8 Å². The summed E-state index contributed by atoms with van der Waals surface area (Å²) in [7, 11) is 0. The van der Waals surface area contributed by atoms with Gasteiger partial charge in [-0.3, -0.25) is 4.40 Å². The molecule has 0 unspecified atom stereocenters. The predicted octanol–water partition coefficient (Wildman–Crippen LogP) is 5.10. The van der Waals surface area contributed by atoms with Crippen LogP contribution in [0.15, 0.2) is 59.3 Å². The second kappa shape index (κ2) is 5.85. The van der Waals surface area contributed by atoms with E-state index in [0.29, 0.717) is 0 Å². The predicted molar refractivity (Wildman–Crippen MR) is 102 cm³/mol. The molecule has 1 aliphatic carbocycles. The van der Waals surface area contributed by atoms with Crippen LogP contribution in [-0.2, 0) is 0 Å². The number of pyridine rings is 2. The third kappa shape index (κ3) is 2.78. The van der Waals surface area contributed by atoms with Crippen LogP contribution in [0.4, 0.5) is 0 Å². The lowest BCUT2D eigenvalue weighted by Crippen LogP contribution is -1.99. The van der Waals surface area contributed by atoms with Gasteiger partial charge in [-0.15, -0.1) is 0 Å². The number of halogens is 1. The normalized spacial score (nSPS) is 14.3. The highest BCUT2D eigenvalue weighted by Gasteiger charge is 2.22. The number of fused-ring (bicyclic) bond motifs is 2. The molecule has 5 rings (SSSR count). The molecule has 3 heterocycles. The van der Waals surface area contributed by atoms with Crippen LogP contribution in [0, 0.1) is 5.92 Å². The van der Waals surface area contributed by atoms with E-state index in [9.17, 15) is 0 Å². The number of hydrogen-bond donors (Lipinski definition) is 0. The van der Waals surface area contributed by atoms with Crippen molar-refractivity contribution in [3.8, 4) is 17.1 Å². The van der Waals surface area contributed by atoms with E-state index >= 15 is 0 Å². The molecule has 124 valence electrons. The Balaban J connectivity index is 1.54. The molecule has 25 heavy (non-hydrogen) atoms. The Morgan fingerprint density at radius 3 is 2.96 bits per heavy atom. The average Bonchev–Trinajstić information content (AvgIpc) is 3.38. The van der Waals surface area contributed by atoms with Crippen LogP contribution in [0.25, 0.3) is 27.9 Å². The third-order valence-corrected chi connectivity index (χ3v) is 5.24. The van der Waals surface area contributed by atoms with E-state index in [1.54, 1.807) is 0 Å². The van der Waals surface area contributed by atoms with Crippen LogP contribution in [0.5, 0.6) is 5.75 Å². The van der Waals surface area contributed by atoms with Crippen molar-refractivity contribution in [1.29, 1.82) is 0 Å². The lowest BCUT2D eigenvalue weighted by Gasteiger charge is -2.07. The fraction of sp³-hybridized carbons (Fsp3) is 0.200. The molecule has 1 aliphatic rings. The Morgan fingerprint density at radius 1 is 1.16 bits per heavy atom. The molecule has 0 N–H and O–H groups in total. The van der Waals surface area contributed by atoms with Gasteiger partial charge in [0.2, 0.25) is 0 Å². The summed E-state index contributed by atoms with van der Waals surface area (Å²) in [5.74, 6) is 1.62. The average molecular weight is 394 g/mol. The number of imidazole rings is 1. The van der Waals surface area contributed by atoms with E-state index < -0.39 is 0 Å². The molecule has 4 aromatic rings. The zero-order chi connectivity index (χ0) is 16.8. The monoisotopic (exact) mass is 393 g/mol. The molecule has 3 aromatic heterocycles. The minimum Gasteiger partial charge on any atom is -0.493 e. The number of para-hydroxylation sites is 1. The molecule has 0 amide bonds. The van der Waals surface area contributed by atoms with Gasteiger partial charge >= 0.3 is 0 Å². The summed E-state index contributed by atoms with van der Waals surface area (Å²) in [5.41, 5.74) is 3.71. The number of aromatic nitrogens is 3. The molecule has 0 atom stereocenters. The van der Waals surface area contributed by atoms with Gasteiger partial charge in [0.15, 0.2) is 0 Å². The molecule has 4 nitrogen and oxygen atoms in total. The van der Waals surface area contributed by atoms with E-state index in [1.807, 2.05) is 42.7 Å². The molecule has 1 fully saturated rings. The Bertz CT molecular complexity index is 1080. The maximum absolute atomic E-state index is 5.85. The van der Waals surface area contributed by atoms with Gasteiger partial charge in [-0.25, -0.2) is 9.97 Å². The molecular formula is C20H16BrN3O. The number of ether oxygens (including phenoxy) is 1. The van der Waals surface area contributed by atoms with E-state index in [1.165, 1.54) is 12.8 Å². The van der Waals surface area contributed by atoms with E-state index in [0.717, 1.165) is 50.7 Å². The first-order valence-corrected chi connectivity index (χ1v) is 9.23. The van der Waals surface area contributed by atoms with Gasteiger partial charge in [-0.1, -0.05) is 18.2 Å². The summed E-state index contributed by atoms with van der Waals surface area (Å²) in [4.78, 5) is 9.35. The minimum absolute atomic E-state index is 0.742. The highest BCUT2D eigenvalue weighted by molar-refractivity contribution is 9.10. The Kier molecular flexibility index (Phi) is 3.48. The topological polar surface area (TPSA) is 39.4 Å². The number of rotatable bonds is 4. The van der Waals surface area contributed by atoms with Crippen molar-refractivity contribution >= 4 is 32.5 Å². The molecule has 0 aliphatic heterocycles. The van der Waals surface area contributed by atoms with Crippen molar-refractivity contribution < 1.29 is 4.74 Å². The van der Waals surface area contributed by atoms with Crippen molar-refractivity contribution in [1.82, 2.24) is 14.4 Å². The highest BCUT2D eigenvalue weighted by atomic mass is 79.9. The highest BCUT2D eigenvalue weighted by Crippen LogP contribution is 2.30. The maximum atomic E-state index is 5.85. The van der Waals surface area contributed by atoms with Crippen LogP contribution in [0.3, 0.4) is 0 Å². The van der Waals surface area contributed by atoms with Gasteiger partial charge < -0.3 is 4.74 Å². The molecule has 1 saturated carbocycles. The quantitative estimate of drug-likeness (QED) is 0.484. The number of nitrogens with zero attached hydrogens (tertiary/aromatic N) is 3. The summed E-state index contributed by atoms with van der Waals surface area (Å²) < 4.78 is 8.90. The van der Waals surface area contributed by atoms with Gasteiger partial charge in [0.05, 0.1) is 29.7 Å². The molecule has 0 saturated heterocycles. The second-order valence-electron chi connectivity index (χ2n) is 6.50. The second-order valence-corrected chi connectivity index (χ2v) is 7.35. The molecule has 0 radical (unpaired) electrons. The summed E-state index contributed by atoms with van der Waals surface area (Å²) in [6, 6.07) is 14.2. The molecule has 0 bridgehead atoms. The molecule has 1 aromatic carbocycles. The van der Waals surface area contributed by atoms with Crippen LogP contribution < -0.4 is 4.74 Å². The van der Waals surface area contributed by atoms with Gasteiger partial charge in [0.1, 0.15) is 11.4 Å². The van der Waals surface area contributed by atoms with Gasteiger partial charge in [0.25, 0.3) is 0 Å². The van der Waals surface area contributed by atoms with Crippen molar-refractivity contribution in [2.24, 2.45) is 5.92 Å². The Morgan fingerprint density at radius 2 is 2.08 bits per heavy atom. The van der Waals surface area contributed by atoms with E-state index in [4.69, 9.17) is 9.72 Å². The Labute approximate surface area is 153 Å². The lowest BCUT2D eigenvalue weighted by molar-refractivity contribution is 0.300. The summed E-state index contributed by atoms with van der Waals surface area (Å²) >= 11 is 3.59. The first-order chi connectivity index (χ1) is 12.3. The summed E-state index contributed by atoms with van der Waals surface area (Å²) in [6.45, 7) is 0.810. The van der Waals surface area contributed by atoms with Crippen molar-refractivity contribution in [2.75, 3.05) is 6.61 Å². The molecule has 0 spiro atoms. The maximum Gasteiger partial charge on any atom is 0.140 e. The van der Waals surface area contributed by atoms with Crippen molar-refractivity contribution in [3.05, 3.63) is 59.3 Å². The SMILES string of the molecule is Brc1cccc2ccc(-c3cnc4cc(OCC5CC5)ccn34)nc12. The van der Waals surface area contributed by atoms with Crippen molar-refractivity contribution in [3.63, 3.8) is 0 Å². The van der Waals surface area contributed by atoms with Gasteiger partial charge in [-0.05, 0) is 52.9 Å². The summed E-state index contributed by atoms with van der Waals surface area (Å²) in [6.07, 6.45) is 6.45. The molecular weight excluding hydrogens is 378 g/mol. The standard InChI is InChI=1S/C20H16BrN3O/c21-16-3-1-2-14-6-7-17(23-20(14)16)18-11-22-19-10-15(8-9-24(18)19)25-12-13-4-5-13/h1-3,6-11,13H,4-5,12H2. The largest absolute Gasteiger partial charge is 0.493 e. The van der Waals surface area contributed by atoms with Crippen LogP contribution >= 0.6 is 15.9 Å². The Hall–Kier alpha value is -2.40. The first kappa shape index (κ1) is 14.9. The lowest BCUT2D eigenvalue weighted by atomic mass is 10.2. The van der Waals surface area contributed by atoms with Crippen LogP contribution in [-0.4, -0.2) is 21.0 Å². The molecule has 5 heteroatoms. The fourth-order valence-electron chi connectivity index (χ4n) is 2.99. The zero-order valence-electron chi connectivity index (χ0n) is 13.5. The smallest absolute Gasteiger partial charge is 0.140 e. The van der Waals surface area contributed by atoms with Gasteiger partial charge in [0, 0.05) is 22.1 Å². The number of benzene rings is 1. The summed E-state index contributed by atoms with van der Waals surface area (Å²) in [5, 5.41) is 1.11. The van der Waals surface area contributed by atoms with Gasteiger partial charge in [-0.2, -0.15) is 0 Å². The third-order valence-electron chi connectivity index (χ3n) is 4.60. The van der Waals surface area contributed by atoms with Crippen LogP contribution in [0.2, 0.25) is 0 Å². The first-order valence-electron chi connectivity index (χ1n) is 8.43. The van der Waals surface area contributed by atoms with E-state index in [2.05, 4.69) is 37.4 Å². The fourth-order valence-corrected chi connectivity index (χ4v) is 3.46. The van der Waals surface area contributed by atoms with Crippen LogP contribution in [0.1, 0.15) is 12.8 Å².